The van der Waals surface area contributed by atoms with Crippen molar-refractivity contribution in [2.75, 3.05) is 5.32 Å². The van der Waals surface area contributed by atoms with Crippen LogP contribution in [0.5, 0.6) is 0 Å². The van der Waals surface area contributed by atoms with Crippen molar-refractivity contribution in [2.45, 2.75) is 33.2 Å². The molecule has 0 bridgehead atoms. The molecule has 132 valence electrons. The molecule has 0 aliphatic carbocycles. The van der Waals surface area contributed by atoms with Gasteiger partial charge < -0.3 is 14.2 Å². The fourth-order valence-electron chi connectivity index (χ4n) is 2.75. The van der Waals surface area contributed by atoms with E-state index in [0.29, 0.717) is 11.8 Å². The third kappa shape index (κ3) is 3.18. The summed E-state index contributed by atoms with van der Waals surface area (Å²) < 4.78 is 11.5. The van der Waals surface area contributed by atoms with Gasteiger partial charge in [-0.1, -0.05) is 24.6 Å². The minimum atomic E-state index is -0.128. The second-order valence-corrected chi connectivity index (χ2v) is 6.32. The number of fused-ring (bicyclic) bond motifs is 1. The molecule has 0 saturated heterocycles. The standard InChI is InChI=1S/C20H20N4O2/c1-4-18-22-16-11-15(9-10-17(16)25-18)21-13(3)19-23-24-20(26-19)14-7-5-12(2)6-8-14/h5-11,13,21H,4H2,1-3H3/t13-/m1/s1. The van der Waals surface area contributed by atoms with Crippen molar-refractivity contribution in [1.29, 1.82) is 0 Å². The summed E-state index contributed by atoms with van der Waals surface area (Å²) in [6, 6.07) is 13.7. The van der Waals surface area contributed by atoms with Crippen LogP contribution >= 0.6 is 0 Å². The summed E-state index contributed by atoms with van der Waals surface area (Å²) in [7, 11) is 0. The summed E-state index contributed by atoms with van der Waals surface area (Å²) in [6.07, 6.45) is 0.775. The Balaban J connectivity index is 1.53. The molecule has 0 spiro atoms. The third-order valence-corrected chi connectivity index (χ3v) is 4.23. The number of nitrogens with zero attached hydrogens (tertiary/aromatic N) is 3. The molecule has 2 aromatic heterocycles. The molecule has 2 heterocycles. The first kappa shape index (κ1) is 16.3. The molecule has 4 rings (SSSR count). The lowest BCUT2D eigenvalue weighted by molar-refractivity contribution is 0.485. The van der Waals surface area contributed by atoms with E-state index in [1.54, 1.807) is 0 Å². The quantitative estimate of drug-likeness (QED) is 0.551. The topological polar surface area (TPSA) is 77.0 Å². The number of aromatic nitrogens is 3. The molecule has 2 aromatic carbocycles. The maximum atomic E-state index is 5.83. The Morgan fingerprint density at radius 3 is 2.62 bits per heavy atom. The number of rotatable bonds is 5. The second kappa shape index (κ2) is 6.63. The number of aryl methyl sites for hydroxylation is 2. The van der Waals surface area contributed by atoms with Gasteiger partial charge in [-0.3, -0.25) is 0 Å². The molecule has 0 aliphatic rings. The van der Waals surface area contributed by atoms with Gasteiger partial charge in [-0.25, -0.2) is 4.98 Å². The molecule has 4 aromatic rings. The molecule has 1 atom stereocenters. The predicted molar refractivity (Wildman–Crippen MR) is 99.9 cm³/mol. The van der Waals surface area contributed by atoms with Crippen LogP contribution in [0.1, 0.15) is 37.2 Å². The number of benzene rings is 2. The Bertz CT molecular complexity index is 1030. The third-order valence-electron chi connectivity index (χ3n) is 4.23. The molecule has 1 N–H and O–H groups in total. The van der Waals surface area contributed by atoms with Crippen molar-refractivity contribution in [3.63, 3.8) is 0 Å². The number of nitrogens with one attached hydrogen (secondary N) is 1. The van der Waals surface area contributed by atoms with E-state index in [1.807, 2.05) is 63.2 Å². The fourth-order valence-corrected chi connectivity index (χ4v) is 2.75. The lowest BCUT2D eigenvalue weighted by Gasteiger charge is -2.10. The number of hydrogen-bond donors (Lipinski definition) is 1. The second-order valence-electron chi connectivity index (χ2n) is 6.32. The summed E-state index contributed by atoms with van der Waals surface area (Å²) >= 11 is 0. The average molecular weight is 348 g/mol. The van der Waals surface area contributed by atoms with Crippen molar-refractivity contribution < 1.29 is 8.83 Å². The molecule has 6 nitrogen and oxygen atoms in total. The summed E-state index contributed by atoms with van der Waals surface area (Å²) in [5.74, 6) is 1.80. The SMILES string of the molecule is CCc1nc2cc(N[C@H](C)c3nnc(-c4ccc(C)cc4)o3)ccc2o1. The molecule has 0 saturated carbocycles. The van der Waals surface area contributed by atoms with Crippen molar-refractivity contribution in [3.05, 3.63) is 59.8 Å². The van der Waals surface area contributed by atoms with Gasteiger partial charge >= 0.3 is 0 Å². The van der Waals surface area contributed by atoms with E-state index in [1.165, 1.54) is 5.56 Å². The minimum absolute atomic E-state index is 0.128. The van der Waals surface area contributed by atoms with Gasteiger partial charge in [0.1, 0.15) is 11.6 Å². The van der Waals surface area contributed by atoms with E-state index in [-0.39, 0.29) is 6.04 Å². The monoisotopic (exact) mass is 348 g/mol. The van der Waals surface area contributed by atoms with E-state index >= 15 is 0 Å². The Kier molecular flexibility index (Phi) is 4.16. The van der Waals surface area contributed by atoms with E-state index < -0.39 is 0 Å². The molecule has 0 aliphatic heterocycles. The highest BCUT2D eigenvalue weighted by molar-refractivity contribution is 5.77. The molecule has 0 fully saturated rings. The maximum Gasteiger partial charge on any atom is 0.247 e. The largest absolute Gasteiger partial charge is 0.441 e. The van der Waals surface area contributed by atoms with Crippen LogP contribution in [-0.4, -0.2) is 15.2 Å². The Morgan fingerprint density at radius 1 is 1.04 bits per heavy atom. The molecule has 0 amide bonds. The van der Waals surface area contributed by atoms with Gasteiger partial charge in [0.2, 0.25) is 11.8 Å². The van der Waals surface area contributed by atoms with Crippen LogP contribution in [-0.2, 0) is 6.42 Å². The van der Waals surface area contributed by atoms with Gasteiger partial charge in [0.05, 0.1) is 0 Å². The lowest BCUT2D eigenvalue weighted by Crippen LogP contribution is -2.06. The molecule has 26 heavy (non-hydrogen) atoms. The van der Waals surface area contributed by atoms with Crippen molar-refractivity contribution in [2.24, 2.45) is 0 Å². The highest BCUT2D eigenvalue weighted by atomic mass is 16.4. The number of oxazole rings is 1. The summed E-state index contributed by atoms with van der Waals surface area (Å²) in [5.41, 5.74) is 4.66. The Labute approximate surface area is 151 Å². The highest BCUT2D eigenvalue weighted by Gasteiger charge is 2.15. The van der Waals surface area contributed by atoms with Gasteiger partial charge in [0, 0.05) is 17.7 Å². The van der Waals surface area contributed by atoms with E-state index in [9.17, 15) is 0 Å². The smallest absolute Gasteiger partial charge is 0.247 e. The zero-order valence-corrected chi connectivity index (χ0v) is 15.0. The lowest BCUT2D eigenvalue weighted by atomic mass is 10.1. The van der Waals surface area contributed by atoms with E-state index in [2.05, 4.69) is 20.5 Å². The van der Waals surface area contributed by atoms with Crippen LogP contribution in [0.15, 0.2) is 51.3 Å². The number of anilines is 1. The summed E-state index contributed by atoms with van der Waals surface area (Å²) in [6.45, 7) is 6.05. The van der Waals surface area contributed by atoms with Gasteiger partial charge in [-0.15, -0.1) is 10.2 Å². The summed E-state index contributed by atoms with van der Waals surface area (Å²) in [5, 5.41) is 11.7. The normalized spacial score (nSPS) is 12.4. The van der Waals surface area contributed by atoms with Crippen LogP contribution in [0, 0.1) is 6.92 Å². The number of hydrogen-bond acceptors (Lipinski definition) is 6. The van der Waals surface area contributed by atoms with Crippen LogP contribution in [0.3, 0.4) is 0 Å². The first-order chi connectivity index (χ1) is 12.6. The minimum Gasteiger partial charge on any atom is -0.441 e. The van der Waals surface area contributed by atoms with E-state index in [0.717, 1.165) is 34.7 Å². The molecular formula is C20H20N4O2. The van der Waals surface area contributed by atoms with Gasteiger partial charge in [0.15, 0.2) is 11.5 Å². The zero-order valence-electron chi connectivity index (χ0n) is 15.0. The zero-order chi connectivity index (χ0) is 18.1. The molecular weight excluding hydrogens is 328 g/mol. The van der Waals surface area contributed by atoms with Crippen molar-refractivity contribution in [3.8, 4) is 11.5 Å². The van der Waals surface area contributed by atoms with Gasteiger partial charge in [-0.05, 0) is 44.2 Å². The Hall–Kier alpha value is -3.15. The summed E-state index contributed by atoms with van der Waals surface area (Å²) in [4.78, 5) is 4.46. The first-order valence-corrected chi connectivity index (χ1v) is 8.69. The molecule has 0 radical (unpaired) electrons. The fraction of sp³-hybridized carbons (Fsp3) is 0.250. The van der Waals surface area contributed by atoms with Crippen LogP contribution in [0.2, 0.25) is 0 Å². The van der Waals surface area contributed by atoms with Crippen molar-refractivity contribution in [1.82, 2.24) is 15.2 Å². The van der Waals surface area contributed by atoms with Gasteiger partial charge in [0.25, 0.3) is 0 Å². The Morgan fingerprint density at radius 2 is 1.85 bits per heavy atom. The van der Waals surface area contributed by atoms with Crippen LogP contribution in [0.4, 0.5) is 5.69 Å². The molecule has 0 unspecified atom stereocenters. The van der Waals surface area contributed by atoms with Crippen LogP contribution in [0.25, 0.3) is 22.6 Å². The molecule has 6 heteroatoms. The van der Waals surface area contributed by atoms with Crippen molar-refractivity contribution >= 4 is 16.8 Å². The van der Waals surface area contributed by atoms with Gasteiger partial charge in [-0.2, -0.15) is 0 Å². The predicted octanol–water partition coefficient (Wildman–Crippen LogP) is 4.92. The highest BCUT2D eigenvalue weighted by Crippen LogP contribution is 2.25. The van der Waals surface area contributed by atoms with E-state index in [4.69, 9.17) is 8.83 Å². The van der Waals surface area contributed by atoms with Crippen LogP contribution < -0.4 is 5.32 Å². The maximum absolute atomic E-state index is 5.83. The first-order valence-electron chi connectivity index (χ1n) is 8.69. The average Bonchev–Trinajstić information content (AvgIpc) is 3.29.